The Morgan fingerprint density at radius 2 is 2.05 bits per heavy atom. The Bertz CT molecular complexity index is 664. The number of aromatic nitrogens is 4. The Kier molecular flexibility index (Phi) is 3.82. The van der Waals surface area contributed by atoms with Gasteiger partial charge in [-0.05, 0) is 54.5 Å². The van der Waals surface area contributed by atoms with Gasteiger partial charge >= 0.3 is 5.97 Å². The van der Waals surface area contributed by atoms with Gasteiger partial charge in [0.2, 0.25) is 0 Å². The molecule has 0 bridgehead atoms. The predicted octanol–water partition coefficient (Wildman–Crippen LogP) is 0.486. The number of tetrazole rings is 1. The molecule has 0 saturated heterocycles. The van der Waals surface area contributed by atoms with Gasteiger partial charge in [-0.2, -0.15) is 0 Å². The molecule has 2 aromatic rings. The zero-order valence-corrected chi connectivity index (χ0v) is 12.0. The average Bonchev–Trinajstić information content (AvgIpc) is 3.17. The Morgan fingerprint density at radius 1 is 1.32 bits per heavy atom. The number of nitrogens with zero attached hydrogens (tertiary/aromatic N) is 4. The summed E-state index contributed by atoms with van der Waals surface area (Å²) in [6, 6.07) is 6.84. The molecule has 1 heterocycles. The van der Waals surface area contributed by atoms with Crippen molar-refractivity contribution in [2.45, 2.75) is 31.9 Å². The molecule has 0 aliphatic heterocycles. The van der Waals surface area contributed by atoms with Crippen LogP contribution in [0.5, 0.6) is 0 Å². The van der Waals surface area contributed by atoms with Gasteiger partial charge < -0.3 is 10.1 Å². The molecule has 114 valence electrons. The molecule has 1 aliphatic rings. The second kappa shape index (κ2) is 5.92. The topological polar surface area (TPSA) is 99.0 Å². The van der Waals surface area contributed by atoms with Crippen LogP contribution in [0.25, 0.3) is 5.69 Å². The lowest BCUT2D eigenvalue weighted by Gasteiger charge is -2.13. The van der Waals surface area contributed by atoms with Crippen LogP contribution < -0.4 is 5.32 Å². The lowest BCUT2D eigenvalue weighted by Crippen LogP contribution is -2.37. The van der Waals surface area contributed by atoms with E-state index in [9.17, 15) is 9.59 Å². The largest absolute Gasteiger partial charge is 0.449 e. The number of ether oxygens (including phenoxy) is 1. The molecule has 0 radical (unpaired) electrons. The molecule has 0 spiro atoms. The fourth-order valence-corrected chi connectivity index (χ4v) is 1.86. The Balaban J connectivity index is 1.60. The van der Waals surface area contributed by atoms with E-state index in [-0.39, 0.29) is 11.9 Å². The van der Waals surface area contributed by atoms with Crippen LogP contribution in [-0.4, -0.2) is 44.2 Å². The Morgan fingerprint density at radius 3 is 2.64 bits per heavy atom. The number of hydrogen-bond donors (Lipinski definition) is 1. The van der Waals surface area contributed by atoms with Gasteiger partial charge in [0.1, 0.15) is 6.33 Å². The quantitative estimate of drug-likeness (QED) is 0.807. The highest BCUT2D eigenvalue weighted by Gasteiger charge is 2.27. The minimum atomic E-state index is -0.813. The number of amides is 1. The second-order valence-corrected chi connectivity index (χ2v) is 5.13. The minimum Gasteiger partial charge on any atom is -0.449 e. The summed E-state index contributed by atoms with van der Waals surface area (Å²) in [5, 5.41) is 13.6. The standard InChI is InChI=1S/C14H15N5O3/c1-9(13(20)16-11-4-5-11)22-14(21)10-2-6-12(7-3-10)19-8-15-17-18-19/h2-3,6-9,11H,4-5H2,1H3,(H,16,20). The van der Waals surface area contributed by atoms with Gasteiger partial charge in [-0.3, -0.25) is 4.79 Å². The molecular weight excluding hydrogens is 286 g/mol. The van der Waals surface area contributed by atoms with Crippen molar-refractivity contribution in [3.63, 3.8) is 0 Å². The van der Waals surface area contributed by atoms with Gasteiger partial charge in [0.25, 0.3) is 5.91 Å². The molecule has 1 amide bonds. The molecule has 8 heteroatoms. The van der Waals surface area contributed by atoms with Crippen LogP contribution in [0.4, 0.5) is 0 Å². The first-order valence-electron chi connectivity index (χ1n) is 6.98. The van der Waals surface area contributed by atoms with Crippen molar-refractivity contribution in [2.75, 3.05) is 0 Å². The summed E-state index contributed by atoms with van der Waals surface area (Å²) in [5.74, 6) is -0.803. The number of nitrogens with one attached hydrogen (secondary N) is 1. The van der Waals surface area contributed by atoms with Crippen molar-refractivity contribution in [1.82, 2.24) is 25.5 Å². The number of carbonyl (C=O) groups is 2. The van der Waals surface area contributed by atoms with Crippen molar-refractivity contribution in [3.05, 3.63) is 36.2 Å². The molecular formula is C14H15N5O3. The summed E-state index contributed by atoms with van der Waals surface area (Å²) in [5.41, 5.74) is 1.09. The SMILES string of the molecule is CC(OC(=O)c1ccc(-n2cnnn2)cc1)C(=O)NC1CC1. The van der Waals surface area contributed by atoms with E-state index in [0.29, 0.717) is 5.56 Å². The molecule has 1 atom stereocenters. The molecule has 8 nitrogen and oxygen atoms in total. The Labute approximate surface area is 126 Å². The highest BCUT2D eigenvalue weighted by atomic mass is 16.5. The van der Waals surface area contributed by atoms with Gasteiger partial charge in [0.05, 0.1) is 11.3 Å². The first-order chi connectivity index (χ1) is 10.6. The normalized spacial score (nSPS) is 15.1. The lowest BCUT2D eigenvalue weighted by molar-refractivity contribution is -0.129. The first kappa shape index (κ1) is 14.2. The van der Waals surface area contributed by atoms with Gasteiger partial charge in [0.15, 0.2) is 6.10 Å². The fraction of sp³-hybridized carbons (Fsp3) is 0.357. The van der Waals surface area contributed by atoms with E-state index in [2.05, 4.69) is 20.8 Å². The van der Waals surface area contributed by atoms with Crippen molar-refractivity contribution >= 4 is 11.9 Å². The summed E-state index contributed by atoms with van der Waals surface area (Å²) in [7, 11) is 0. The second-order valence-electron chi connectivity index (χ2n) is 5.13. The van der Waals surface area contributed by atoms with Crippen LogP contribution in [-0.2, 0) is 9.53 Å². The third-order valence-electron chi connectivity index (χ3n) is 3.29. The maximum absolute atomic E-state index is 12.0. The van der Waals surface area contributed by atoms with Crippen LogP contribution in [0.3, 0.4) is 0 Å². The van der Waals surface area contributed by atoms with Crippen LogP contribution in [0.15, 0.2) is 30.6 Å². The average molecular weight is 301 g/mol. The van der Waals surface area contributed by atoms with E-state index in [4.69, 9.17) is 4.74 Å². The number of hydrogen-bond acceptors (Lipinski definition) is 6. The van der Waals surface area contributed by atoms with Gasteiger partial charge in [0, 0.05) is 6.04 Å². The zero-order valence-electron chi connectivity index (χ0n) is 12.0. The number of benzene rings is 1. The monoisotopic (exact) mass is 301 g/mol. The summed E-state index contributed by atoms with van der Waals surface area (Å²) >= 11 is 0. The van der Waals surface area contributed by atoms with Gasteiger partial charge in [-0.1, -0.05) is 0 Å². The molecule has 1 aliphatic carbocycles. The number of esters is 1. The van der Waals surface area contributed by atoms with Crippen molar-refractivity contribution < 1.29 is 14.3 Å². The maximum Gasteiger partial charge on any atom is 0.338 e. The van der Waals surface area contributed by atoms with E-state index in [0.717, 1.165) is 18.5 Å². The zero-order chi connectivity index (χ0) is 15.5. The number of carbonyl (C=O) groups excluding carboxylic acids is 2. The van der Waals surface area contributed by atoms with Gasteiger partial charge in [-0.15, -0.1) is 5.10 Å². The van der Waals surface area contributed by atoms with Crippen LogP contribution in [0.1, 0.15) is 30.1 Å². The lowest BCUT2D eigenvalue weighted by atomic mass is 10.2. The van der Waals surface area contributed by atoms with Crippen LogP contribution >= 0.6 is 0 Å². The molecule has 1 N–H and O–H groups in total. The summed E-state index contributed by atoms with van der Waals surface area (Å²) in [4.78, 5) is 23.8. The van der Waals surface area contributed by atoms with Gasteiger partial charge in [-0.25, -0.2) is 9.48 Å². The highest BCUT2D eigenvalue weighted by Crippen LogP contribution is 2.19. The third-order valence-corrected chi connectivity index (χ3v) is 3.29. The summed E-state index contributed by atoms with van der Waals surface area (Å²) < 4.78 is 6.63. The molecule has 1 saturated carbocycles. The van der Waals surface area contributed by atoms with E-state index >= 15 is 0 Å². The van der Waals surface area contributed by atoms with E-state index in [1.807, 2.05) is 0 Å². The predicted molar refractivity (Wildman–Crippen MR) is 75.2 cm³/mol. The highest BCUT2D eigenvalue weighted by molar-refractivity contribution is 5.92. The first-order valence-corrected chi connectivity index (χ1v) is 6.98. The summed E-state index contributed by atoms with van der Waals surface area (Å²) in [6.07, 6.45) is 2.63. The van der Waals surface area contributed by atoms with E-state index < -0.39 is 12.1 Å². The van der Waals surface area contributed by atoms with Crippen molar-refractivity contribution in [1.29, 1.82) is 0 Å². The molecule has 1 fully saturated rings. The van der Waals surface area contributed by atoms with Crippen LogP contribution in [0.2, 0.25) is 0 Å². The number of rotatable bonds is 5. The van der Waals surface area contributed by atoms with E-state index in [1.54, 1.807) is 31.2 Å². The molecule has 1 aromatic carbocycles. The minimum absolute atomic E-state index is 0.240. The fourth-order valence-electron chi connectivity index (χ4n) is 1.86. The molecule has 22 heavy (non-hydrogen) atoms. The summed E-state index contributed by atoms with van der Waals surface area (Å²) in [6.45, 7) is 1.56. The molecule has 3 rings (SSSR count). The van der Waals surface area contributed by atoms with Crippen molar-refractivity contribution in [3.8, 4) is 5.69 Å². The molecule has 1 unspecified atom stereocenters. The smallest absolute Gasteiger partial charge is 0.338 e. The van der Waals surface area contributed by atoms with E-state index in [1.165, 1.54) is 11.0 Å². The van der Waals surface area contributed by atoms with Crippen LogP contribution in [0, 0.1) is 0 Å². The third kappa shape index (κ3) is 3.27. The maximum atomic E-state index is 12.0. The Hall–Kier alpha value is -2.77. The van der Waals surface area contributed by atoms with Crippen molar-refractivity contribution in [2.24, 2.45) is 0 Å². The molecule has 1 aromatic heterocycles.